The largest absolute Gasteiger partial charge is 0.493 e. The summed E-state index contributed by atoms with van der Waals surface area (Å²) in [4.78, 5) is 14.4. The molecule has 1 aromatic carbocycles. The first kappa shape index (κ1) is 14.9. The van der Waals surface area contributed by atoms with Crippen LogP contribution in [0, 0.1) is 10.1 Å². The van der Waals surface area contributed by atoms with E-state index >= 15 is 0 Å². The van der Waals surface area contributed by atoms with Crippen LogP contribution in [-0.4, -0.2) is 26.1 Å². The molecule has 0 atom stereocenters. The highest BCUT2D eigenvalue weighted by Crippen LogP contribution is 2.33. The Morgan fingerprint density at radius 3 is 3.12 bits per heavy atom. The minimum Gasteiger partial charge on any atom is -0.493 e. The number of rotatable bonds is 4. The van der Waals surface area contributed by atoms with Crippen molar-refractivity contribution in [3.8, 4) is 5.75 Å². The van der Waals surface area contributed by atoms with Crippen molar-refractivity contribution in [1.29, 1.82) is 0 Å². The SMILES string of the molecule is O=[N+]([O-])c1cnc2ccc(NCc3cc(Br)cc4c3OCC4)nn12. The number of hydrogen-bond acceptors (Lipinski definition) is 6. The Bertz CT molecular complexity index is 956. The van der Waals surface area contributed by atoms with Gasteiger partial charge in [0, 0.05) is 29.1 Å². The molecule has 3 aromatic rings. The number of ether oxygens (including phenoxy) is 1. The minimum atomic E-state index is -0.508. The van der Waals surface area contributed by atoms with E-state index in [4.69, 9.17) is 4.74 Å². The van der Waals surface area contributed by atoms with Crippen LogP contribution >= 0.6 is 15.9 Å². The maximum absolute atomic E-state index is 11.0. The first-order chi connectivity index (χ1) is 11.6. The third kappa shape index (κ3) is 2.56. The monoisotopic (exact) mass is 389 g/mol. The standard InChI is InChI=1S/C15H12BrN5O3/c16-11-5-9-3-4-24-15(9)10(6-11)7-17-12-1-2-13-18-8-14(21(22)23)20(13)19-12/h1-2,5-6,8H,3-4,7H2,(H,17,19). The molecule has 1 aliphatic heterocycles. The van der Waals surface area contributed by atoms with Gasteiger partial charge in [-0.3, -0.25) is 0 Å². The van der Waals surface area contributed by atoms with Gasteiger partial charge in [-0.15, -0.1) is 0 Å². The van der Waals surface area contributed by atoms with E-state index in [0.29, 0.717) is 24.6 Å². The molecule has 0 saturated heterocycles. The van der Waals surface area contributed by atoms with Gasteiger partial charge in [0.2, 0.25) is 5.65 Å². The van der Waals surface area contributed by atoms with Gasteiger partial charge < -0.3 is 20.2 Å². The predicted molar refractivity (Wildman–Crippen MR) is 90.3 cm³/mol. The molecule has 0 radical (unpaired) electrons. The van der Waals surface area contributed by atoms with Gasteiger partial charge in [0.05, 0.1) is 6.61 Å². The molecule has 1 aliphatic rings. The van der Waals surface area contributed by atoms with E-state index in [1.807, 2.05) is 6.07 Å². The maximum Gasteiger partial charge on any atom is 0.368 e. The number of anilines is 1. The number of hydrogen-bond donors (Lipinski definition) is 1. The summed E-state index contributed by atoms with van der Waals surface area (Å²) in [6.07, 6.45) is 2.09. The molecule has 0 fully saturated rings. The first-order valence-electron chi connectivity index (χ1n) is 7.29. The van der Waals surface area contributed by atoms with Crippen LogP contribution in [0.2, 0.25) is 0 Å². The molecule has 122 valence electrons. The number of benzene rings is 1. The molecule has 0 spiro atoms. The number of nitro groups is 1. The highest BCUT2D eigenvalue weighted by Gasteiger charge is 2.19. The van der Waals surface area contributed by atoms with Gasteiger partial charge in [-0.1, -0.05) is 25.5 Å². The Labute approximate surface area is 144 Å². The molecule has 0 unspecified atom stereocenters. The Kier molecular flexibility index (Phi) is 3.57. The third-order valence-electron chi connectivity index (χ3n) is 3.82. The number of aromatic nitrogens is 3. The van der Waals surface area contributed by atoms with Gasteiger partial charge in [-0.2, -0.15) is 0 Å². The predicted octanol–water partition coefficient (Wildman–Crippen LogP) is 2.95. The smallest absolute Gasteiger partial charge is 0.368 e. The number of nitrogens with zero attached hydrogens (tertiary/aromatic N) is 4. The highest BCUT2D eigenvalue weighted by atomic mass is 79.9. The molecule has 24 heavy (non-hydrogen) atoms. The van der Waals surface area contributed by atoms with E-state index in [2.05, 4.69) is 37.4 Å². The molecule has 4 rings (SSSR count). The fourth-order valence-electron chi connectivity index (χ4n) is 2.74. The Hall–Kier alpha value is -2.68. The Morgan fingerprint density at radius 2 is 2.29 bits per heavy atom. The third-order valence-corrected chi connectivity index (χ3v) is 4.27. The number of nitrogens with one attached hydrogen (secondary N) is 1. The topological polar surface area (TPSA) is 94.6 Å². The summed E-state index contributed by atoms with van der Waals surface area (Å²) in [5.41, 5.74) is 2.62. The van der Waals surface area contributed by atoms with Crippen molar-refractivity contribution in [2.45, 2.75) is 13.0 Å². The molecule has 2 aromatic heterocycles. The summed E-state index contributed by atoms with van der Waals surface area (Å²) in [6.45, 7) is 1.19. The minimum absolute atomic E-state index is 0.166. The van der Waals surface area contributed by atoms with Gasteiger partial charge in [0.1, 0.15) is 11.9 Å². The van der Waals surface area contributed by atoms with Crippen LogP contribution in [0.5, 0.6) is 5.75 Å². The fraction of sp³-hybridized carbons (Fsp3) is 0.200. The summed E-state index contributed by atoms with van der Waals surface area (Å²) >= 11 is 3.51. The van der Waals surface area contributed by atoms with Crippen LogP contribution in [0.1, 0.15) is 11.1 Å². The molecule has 3 heterocycles. The van der Waals surface area contributed by atoms with Crippen molar-refractivity contribution >= 4 is 33.2 Å². The second-order valence-electron chi connectivity index (χ2n) is 5.37. The highest BCUT2D eigenvalue weighted by molar-refractivity contribution is 9.10. The average molecular weight is 390 g/mol. The molecular weight excluding hydrogens is 378 g/mol. The zero-order valence-corrected chi connectivity index (χ0v) is 14.0. The van der Waals surface area contributed by atoms with Crippen molar-refractivity contribution in [3.63, 3.8) is 0 Å². The maximum atomic E-state index is 11.0. The van der Waals surface area contributed by atoms with Crippen LogP contribution in [0.4, 0.5) is 11.6 Å². The number of imidazole rings is 1. The lowest BCUT2D eigenvalue weighted by Crippen LogP contribution is -2.06. The lowest BCUT2D eigenvalue weighted by molar-refractivity contribution is -0.391. The Morgan fingerprint density at radius 1 is 1.42 bits per heavy atom. The second-order valence-corrected chi connectivity index (χ2v) is 6.28. The number of fused-ring (bicyclic) bond motifs is 2. The van der Waals surface area contributed by atoms with Gasteiger partial charge >= 0.3 is 5.82 Å². The molecule has 1 N–H and O–H groups in total. The molecular formula is C15H12BrN5O3. The van der Waals surface area contributed by atoms with Gasteiger partial charge in [-0.25, -0.2) is 4.98 Å². The number of halogens is 1. The van der Waals surface area contributed by atoms with Crippen molar-refractivity contribution < 1.29 is 9.66 Å². The summed E-state index contributed by atoms with van der Waals surface area (Å²) in [6, 6.07) is 7.48. The van der Waals surface area contributed by atoms with E-state index in [-0.39, 0.29) is 5.82 Å². The van der Waals surface area contributed by atoms with Crippen molar-refractivity contribution in [2.75, 3.05) is 11.9 Å². The summed E-state index contributed by atoms with van der Waals surface area (Å²) in [7, 11) is 0. The van der Waals surface area contributed by atoms with E-state index in [1.54, 1.807) is 12.1 Å². The summed E-state index contributed by atoms with van der Waals surface area (Å²) < 4.78 is 7.91. The molecule has 9 heteroatoms. The van der Waals surface area contributed by atoms with Crippen LogP contribution in [0.25, 0.3) is 5.65 Å². The lowest BCUT2D eigenvalue weighted by Gasteiger charge is -2.10. The fourth-order valence-corrected chi connectivity index (χ4v) is 3.30. The lowest BCUT2D eigenvalue weighted by atomic mass is 10.1. The summed E-state index contributed by atoms with van der Waals surface area (Å²) in [5.74, 6) is 1.26. The quantitative estimate of drug-likeness (QED) is 0.544. The van der Waals surface area contributed by atoms with Crippen molar-refractivity contribution in [2.24, 2.45) is 0 Å². The normalized spacial score (nSPS) is 12.9. The van der Waals surface area contributed by atoms with E-state index in [1.165, 1.54) is 16.3 Å². The molecule has 8 nitrogen and oxygen atoms in total. The van der Waals surface area contributed by atoms with Gasteiger partial charge in [0.25, 0.3) is 0 Å². The van der Waals surface area contributed by atoms with Gasteiger partial charge in [-0.05, 0) is 28.7 Å². The first-order valence-corrected chi connectivity index (χ1v) is 8.08. The van der Waals surface area contributed by atoms with Crippen LogP contribution in [-0.2, 0) is 13.0 Å². The van der Waals surface area contributed by atoms with Crippen molar-refractivity contribution in [1.82, 2.24) is 14.6 Å². The zero-order chi connectivity index (χ0) is 16.7. The van der Waals surface area contributed by atoms with Crippen LogP contribution in [0.15, 0.2) is 34.9 Å². The van der Waals surface area contributed by atoms with Crippen molar-refractivity contribution in [3.05, 3.63) is 56.2 Å². The van der Waals surface area contributed by atoms with Crippen LogP contribution < -0.4 is 10.1 Å². The van der Waals surface area contributed by atoms with E-state index in [9.17, 15) is 10.1 Å². The van der Waals surface area contributed by atoms with Crippen LogP contribution in [0.3, 0.4) is 0 Å². The molecule has 0 bridgehead atoms. The summed E-state index contributed by atoms with van der Waals surface area (Å²) in [5, 5.41) is 18.4. The molecule has 0 amide bonds. The molecule has 0 aliphatic carbocycles. The van der Waals surface area contributed by atoms with E-state index < -0.39 is 4.92 Å². The average Bonchev–Trinajstić information content (AvgIpc) is 3.18. The van der Waals surface area contributed by atoms with Gasteiger partial charge in [0.15, 0.2) is 5.82 Å². The Balaban J connectivity index is 1.62. The second kappa shape index (κ2) is 5.75. The zero-order valence-electron chi connectivity index (χ0n) is 12.4. The molecule has 0 saturated carbocycles. The van der Waals surface area contributed by atoms with E-state index in [0.717, 1.165) is 22.2 Å².